The van der Waals surface area contributed by atoms with Gasteiger partial charge in [-0.15, -0.1) is 0 Å². The number of sulfonamides is 1. The second-order valence-electron chi connectivity index (χ2n) is 5.84. The van der Waals surface area contributed by atoms with Crippen LogP contribution in [0, 0.1) is 0 Å². The van der Waals surface area contributed by atoms with Gasteiger partial charge in [-0.2, -0.15) is 0 Å². The summed E-state index contributed by atoms with van der Waals surface area (Å²) < 4.78 is 26.9. The van der Waals surface area contributed by atoms with Gasteiger partial charge in [-0.1, -0.05) is 24.3 Å². The molecule has 1 amide bonds. The molecule has 0 aliphatic carbocycles. The smallest absolute Gasteiger partial charge is 0.264 e. The molecular formula is C18H23N3O3S. The van der Waals surface area contributed by atoms with E-state index in [9.17, 15) is 13.2 Å². The second kappa shape index (κ2) is 7.67. The van der Waals surface area contributed by atoms with Crippen molar-refractivity contribution in [3.05, 3.63) is 60.2 Å². The number of likely N-dealkylation sites (N-methyl/N-ethyl adjacent to an activating group) is 1. The van der Waals surface area contributed by atoms with Gasteiger partial charge < -0.3 is 10.6 Å². The Morgan fingerprint density at radius 2 is 1.72 bits per heavy atom. The Kier molecular flexibility index (Phi) is 5.81. The molecule has 25 heavy (non-hydrogen) atoms. The minimum Gasteiger partial charge on any atom is -0.338 e. The molecule has 0 aromatic heterocycles. The average molecular weight is 361 g/mol. The highest BCUT2D eigenvalue weighted by molar-refractivity contribution is 7.92. The number of nitrogens with two attached hydrogens (primary N) is 1. The number of benzene rings is 2. The van der Waals surface area contributed by atoms with Crippen LogP contribution in [0.3, 0.4) is 0 Å². The van der Waals surface area contributed by atoms with E-state index in [0.29, 0.717) is 17.8 Å². The van der Waals surface area contributed by atoms with Gasteiger partial charge in [-0.25, -0.2) is 8.42 Å². The monoisotopic (exact) mass is 361 g/mol. The van der Waals surface area contributed by atoms with Crippen LogP contribution in [0.25, 0.3) is 0 Å². The van der Waals surface area contributed by atoms with E-state index < -0.39 is 10.0 Å². The lowest BCUT2D eigenvalue weighted by atomic mass is 10.2. The van der Waals surface area contributed by atoms with Gasteiger partial charge in [-0.05, 0) is 37.3 Å². The van der Waals surface area contributed by atoms with Crippen LogP contribution in [0.15, 0.2) is 59.5 Å². The van der Waals surface area contributed by atoms with Crippen molar-refractivity contribution in [1.82, 2.24) is 4.90 Å². The summed E-state index contributed by atoms with van der Waals surface area (Å²) in [5.41, 5.74) is 6.46. The summed E-state index contributed by atoms with van der Waals surface area (Å²) in [6.45, 7) is 2.17. The largest absolute Gasteiger partial charge is 0.338 e. The Balaban J connectivity index is 2.36. The van der Waals surface area contributed by atoms with Crippen LogP contribution in [0.5, 0.6) is 0 Å². The summed E-state index contributed by atoms with van der Waals surface area (Å²) in [7, 11) is -0.624. The molecule has 0 spiro atoms. The number of hydrogen-bond donors (Lipinski definition) is 1. The Labute approximate surface area is 148 Å². The zero-order chi connectivity index (χ0) is 18.6. The van der Waals surface area contributed by atoms with Crippen LogP contribution in [0.2, 0.25) is 0 Å². The Hall–Kier alpha value is -2.38. The van der Waals surface area contributed by atoms with Crippen LogP contribution in [0.1, 0.15) is 17.3 Å². The molecule has 2 N–H and O–H groups in total. The minimum atomic E-state index is -3.76. The quantitative estimate of drug-likeness (QED) is 0.852. The molecule has 134 valence electrons. The van der Waals surface area contributed by atoms with Crippen LogP contribution in [0.4, 0.5) is 5.69 Å². The molecule has 1 atom stereocenters. The molecular weight excluding hydrogens is 338 g/mol. The van der Waals surface area contributed by atoms with E-state index in [4.69, 9.17) is 5.73 Å². The summed E-state index contributed by atoms with van der Waals surface area (Å²) in [5.74, 6) is -0.266. The highest BCUT2D eigenvalue weighted by atomic mass is 32.2. The Bertz CT molecular complexity index is 838. The fourth-order valence-electron chi connectivity index (χ4n) is 2.29. The van der Waals surface area contributed by atoms with Crippen molar-refractivity contribution < 1.29 is 13.2 Å². The summed E-state index contributed by atoms with van der Waals surface area (Å²) in [6, 6.07) is 14.7. The highest BCUT2D eigenvalue weighted by Gasteiger charge is 2.23. The van der Waals surface area contributed by atoms with E-state index in [1.807, 2.05) is 13.0 Å². The van der Waals surface area contributed by atoms with Gasteiger partial charge in [0.05, 0.1) is 10.6 Å². The van der Waals surface area contributed by atoms with Crippen molar-refractivity contribution in [3.8, 4) is 0 Å². The lowest BCUT2D eigenvalue weighted by Gasteiger charge is -2.24. The standard InChI is InChI=1S/C18H23N3O3S/c1-14(13-19)20(2)18(22)15-8-7-11-17(12-15)25(23,24)21(3)16-9-5-4-6-10-16/h4-12,14H,13,19H2,1-3H3. The first-order valence-corrected chi connectivity index (χ1v) is 9.34. The molecule has 0 bridgehead atoms. The third kappa shape index (κ3) is 4.00. The van der Waals surface area contributed by atoms with Gasteiger partial charge in [0, 0.05) is 32.2 Å². The van der Waals surface area contributed by atoms with Crippen molar-refractivity contribution in [2.24, 2.45) is 5.73 Å². The summed E-state index contributed by atoms with van der Waals surface area (Å²) >= 11 is 0. The maximum Gasteiger partial charge on any atom is 0.264 e. The number of carbonyl (C=O) groups is 1. The predicted molar refractivity (Wildman–Crippen MR) is 99.1 cm³/mol. The van der Waals surface area contributed by atoms with Crippen LogP contribution >= 0.6 is 0 Å². The van der Waals surface area contributed by atoms with E-state index >= 15 is 0 Å². The molecule has 0 aliphatic heterocycles. The molecule has 0 saturated carbocycles. The molecule has 0 fully saturated rings. The Morgan fingerprint density at radius 3 is 2.32 bits per heavy atom. The first kappa shape index (κ1) is 19.0. The lowest BCUT2D eigenvalue weighted by Crippen LogP contribution is -2.39. The average Bonchev–Trinajstić information content (AvgIpc) is 2.66. The van der Waals surface area contributed by atoms with E-state index in [1.54, 1.807) is 43.4 Å². The van der Waals surface area contributed by atoms with Crippen LogP contribution in [-0.4, -0.2) is 45.9 Å². The molecule has 2 aromatic rings. The third-order valence-electron chi connectivity index (χ3n) is 4.18. The Morgan fingerprint density at radius 1 is 1.08 bits per heavy atom. The summed E-state index contributed by atoms with van der Waals surface area (Å²) in [6.07, 6.45) is 0. The van der Waals surface area contributed by atoms with Crippen LogP contribution in [-0.2, 0) is 10.0 Å². The molecule has 2 aromatic carbocycles. The second-order valence-corrected chi connectivity index (χ2v) is 7.81. The molecule has 6 nitrogen and oxygen atoms in total. The van der Waals surface area contributed by atoms with Gasteiger partial charge in [0.1, 0.15) is 0 Å². The number of anilines is 1. The topological polar surface area (TPSA) is 83.7 Å². The number of amides is 1. The fraction of sp³-hybridized carbons (Fsp3) is 0.278. The van der Waals surface area contributed by atoms with Crippen LogP contribution < -0.4 is 10.0 Å². The van der Waals surface area contributed by atoms with Crippen molar-refractivity contribution in [1.29, 1.82) is 0 Å². The van der Waals surface area contributed by atoms with Gasteiger partial charge in [0.2, 0.25) is 0 Å². The van der Waals surface area contributed by atoms with Crippen molar-refractivity contribution in [3.63, 3.8) is 0 Å². The predicted octanol–water partition coefficient (Wildman–Crippen LogP) is 1.93. The maximum atomic E-state index is 12.8. The number of para-hydroxylation sites is 1. The molecule has 1 unspecified atom stereocenters. The molecule has 0 radical (unpaired) electrons. The normalized spacial score (nSPS) is 12.5. The molecule has 7 heteroatoms. The summed E-state index contributed by atoms with van der Waals surface area (Å²) in [4.78, 5) is 14.1. The maximum absolute atomic E-state index is 12.8. The highest BCUT2D eigenvalue weighted by Crippen LogP contribution is 2.22. The van der Waals surface area contributed by atoms with Crippen molar-refractivity contribution in [2.45, 2.75) is 17.9 Å². The first-order valence-electron chi connectivity index (χ1n) is 7.90. The van der Waals surface area contributed by atoms with Crippen molar-refractivity contribution >= 4 is 21.6 Å². The number of hydrogen-bond acceptors (Lipinski definition) is 4. The van der Waals surface area contributed by atoms with E-state index in [0.717, 1.165) is 0 Å². The van der Waals surface area contributed by atoms with E-state index in [-0.39, 0.29) is 16.8 Å². The van der Waals surface area contributed by atoms with E-state index in [1.165, 1.54) is 28.4 Å². The molecule has 2 rings (SSSR count). The van der Waals surface area contributed by atoms with Gasteiger partial charge in [0.25, 0.3) is 15.9 Å². The van der Waals surface area contributed by atoms with Gasteiger partial charge >= 0.3 is 0 Å². The zero-order valence-corrected chi connectivity index (χ0v) is 15.4. The van der Waals surface area contributed by atoms with Gasteiger partial charge in [0.15, 0.2) is 0 Å². The molecule has 0 aliphatic rings. The van der Waals surface area contributed by atoms with Gasteiger partial charge in [-0.3, -0.25) is 9.10 Å². The third-order valence-corrected chi connectivity index (χ3v) is 5.96. The fourth-order valence-corrected chi connectivity index (χ4v) is 3.53. The number of carbonyl (C=O) groups excluding carboxylic acids is 1. The number of nitrogens with zero attached hydrogens (tertiary/aromatic N) is 2. The minimum absolute atomic E-state index is 0.0681. The molecule has 0 heterocycles. The SMILES string of the molecule is CC(CN)N(C)C(=O)c1cccc(S(=O)(=O)N(C)c2ccccc2)c1. The lowest BCUT2D eigenvalue weighted by molar-refractivity contribution is 0.0748. The summed E-state index contributed by atoms with van der Waals surface area (Å²) in [5, 5.41) is 0. The van der Waals surface area contributed by atoms with Crippen molar-refractivity contribution in [2.75, 3.05) is 24.9 Å². The first-order chi connectivity index (χ1) is 11.8. The molecule has 0 saturated heterocycles. The zero-order valence-electron chi connectivity index (χ0n) is 14.6. The van der Waals surface area contributed by atoms with E-state index in [2.05, 4.69) is 0 Å². The number of rotatable bonds is 6.